The van der Waals surface area contributed by atoms with Crippen LogP contribution in [0.5, 0.6) is 0 Å². The molecule has 0 radical (unpaired) electrons. The number of hydrogen-bond acceptors (Lipinski definition) is 2. The summed E-state index contributed by atoms with van der Waals surface area (Å²) >= 11 is 0. The number of rotatable bonds is 4. The van der Waals surface area contributed by atoms with Crippen LogP contribution in [0.3, 0.4) is 0 Å². The SMILES string of the molecule is CC(C)(O)C(C)(C)NCC1C2CC3CC(C2)CC1C3. The maximum absolute atomic E-state index is 10.3. The van der Waals surface area contributed by atoms with Crippen LogP contribution in [0.1, 0.15) is 59.8 Å². The minimum Gasteiger partial charge on any atom is -0.389 e. The van der Waals surface area contributed by atoms with Gasteiger partial charge in [-0.3, -0.25) is 0 Å². The Morgan fingerprint density at radius 2 is 1.37 bits per heavy atom. The molecule has 0 spiro atoms. The molecule has 110 valence electrons. The van der Waals surface area contributed by atoms with Crippen LogP contribution in [-0.2, 0) is 0 Å². The lowest BCUT2D eigenvalue weighted by Gasteiger charge is -2.55. The Balaban J connectivity index is 1.62. The average molecular weight is 265 g/mol. The van der Waals surface area contributed by atoms with Crippen molar-refractivity contribution >= 4 is 0 Å². The van der Waals surface area contributed by atoms with Crippen LogP contribution >= 0.6 is 0 Å². The smallest absolute Gasteiger partial charge is 0.0767 e. The largest absolute Gasteiger partial charge is 0.389 e. The van der Waals surface area contributed by atoms with E-state index in [9.17, 15) is 5.11 Å². The molecule has 0 aliphatic heterocycles. The van der Waals surface area contributed by atoms with Crippen molar-refractivity contribution in [1.29, 1.82) is 0 Å². The van der Waals surface area contributed by atoms with Gasteiger partial charge in [-0.15, -0.1) is 0 Å². The van der Waals surface area contributed by atoms with E-state index in [2.05, 4.69) is 19.2 Å². The zero-order chi connectivity index (χ0) is 13.8. The van der Waals surface area contributed by atoms with Crippen LogP contribution < -0.4 is 5.32 Å². The Morgan fingerprint density at radius 1 is 0.895 bits per heavy atom. The van der Waals surface area contributed by atoms with Gasteiger partial charge in [-0.2, -0.15) is 0 Å². The molecule has 0 aromatic rings. The summed E-state index contributed by atoms with van der Waals surface area (Å²) in [4.78, 5) is 0. The van der Waals surface area contributed by atoms with Crippen LogP contribution in [0.15, 0.2) is 0 Å². The molecular formula is C17H31NO. The van der Waals surface area contributed by atoms with Gasteiger partial charge >= 0.3 is 0 Å². The molecule has 0 aromatic carbocycles. The third-order valence-corrected chi connectivity index (χ3v) is 6.73. The van der Waals surface area contributed by atoms with Crippen molar-refractivity contribution in [3.8, 4) is 0 Å². The third-order valence-electron chi connectivity index (χ3n) is 6.73. The molecule has 4 aliphatic rings. The van der Waals surface area contributed by atoms with Gasteiger partial charge in [0.25, 0.3) is 0 Å². The summed E-state index contributed by atoms with van der Waals surface area (Å²) in [7, 11) is 0. The molecule has 0 saturated heterocycles. The second-order valence-electron chi connectivity index (χ2n) is 8.66. The molecule has 2 nitrogen and oxygen atoms in total. The summed E-state index contributed by atoms with van der Waals surface area (Å²) in [5, 5.41) is 13.9. The monoisotopic (exact) mass is 265 g/mol. The molecule has 0 amide bonds. The first-order valence-corrected chi connectivity index (χ1v) is 8.23. The molecular weight excluding hydrogens is 234 g/mol. The van der Waals surface area contributed by atoms with Gasteiger partial charge in [0.2, 0.25) is 0 Å². The van der Waals surface area contributed by atoms with Gasteiger partial charge in [0.1, 0.15) is 0 Å². The molecule has 4 fully saturated rings. The standard InChI is InChI=1S/C17H31NO/c1-16(2,17(3,4)19)18-10-15-13-6-11-5-12(8-13)9-14(15)7-11/h11-15,18-19H,5-10H2,1-4H3. The van der Waals surface area contributed by atoms with Crippen molar-refractivity contribution in [2.24, 2.45) is 29.6 Å². The topological polar surface area (TPSA) is 32.3 Å². The molecule has 2 heteroatoms. The third kappa shape index (κ3) is 2.47. The van der Waals surface area contributed by atoms with E-state index in [1.807, 2.05) is 13.8 Å². The first-order chi connectivity index (χ1) is 8.76. The predicted molar refractivity (Wildman–Crippen MR) is 78.9 cm³/mol. The van der Waals surface area contributed by atoms with Crippen LogP contribution in [0.4, 0.5) is 0 Å². The Kier molecular flexibility index (Phi) is 3.26. The summed E-state index contributed by atoms with van der Waals surface area (Å²) in [6.07, 6.45) is 7.48. The van der Waals surface area contributed by atoms with E-state index in [1.54, 1.807) is 0 Å². The van der Waals surface area contributed by atoms with E-state index < -0.39 is 5.60 Å². The molecule has 0 unspecified atom stereocenters. The summed E-state index contributed by atoms with van der Waals surface area (Å²) in [6.45, 7) is 9.19. The van der Waals surface area contributed by atoms with E-state index >= 15 is 0 Å². The molecule has 0 aromatic heterocycles. The summed E-state index contributed by atoms with van der Waals surface area (Å²) < 4.78 is 0. The summed E-state index contributed by atoms with van der Waals surface area (Å²) in [5.74, 6) is 4.93. The van der Waals surface area contributed by atoms with E-state index in [0.29, 0.717) is 0 Å². The molecule has 2 N–H and O–H groups in total. The van der Waals surface area contributed by atoms with Gasteiger partial charge in [-0.05, 0) is 95.9 Å². The normalized spacial score (nSPS) is 41.8. The minimum absolute atomic E-state index is 0.207. The van der Waals surface area contributed by atoms with Crippen LogP contribution in [0.25, 0.3) is 0 Å². The van der Waals surface area contributed by atoms with Crippen molar-refractivity contribution in [3.05, 3.63) is 0 Å². The lowest BCUT2D eigenvalue weighted by atomic mass is 9.52. The fourth-order valence-electron chi connectivity index (χ4n) is 4.96. The molecule has 4 rings (SSSR count). The second kappa shape index (κ2) is 4.46. The lowest BCUT2D eigenvalue weighted by Crippen LogP contribution is -2.59. The van der Waals surface area contributed by atoms with Crippen molar-refractivity contribution in [1.82, 2.24) is 5.32 Å². The highest BCUT2D eigenvalue weighted by molar-refractivity contribution is 5.00. The van der Waals surface area contributed by atoms with Gasteiger partial charge < -0.3 is 10.4 Å². The van der Waals surface area contributed by atoms with Crippen LogP contribution in [0.2, 0.25) is 0 Å². The highest BCUT2D eigenvalue weighted by Gasteiger charge is 2.48. The van der Waals surface area contributed by atoms with Gasteiger partial charge in [0.05, 0.1) is 5.60 Å². The predicted octanol–water partition coefficient (Wildman–Crippen LogP) is 3.20. The Hall–Kier alpha value is -0.0800. The lowest BCUT2D eigenvalue weighted by molar-refractivity contribution is -0.0497. The van der Waals surface area contributed by atoms with Crippen LogP contribution in [0, 0.1) is 29.6 Å². The van der Waals surface area contributed by atoms with Crippen molar-refractivity contribution in [3.63, 3.8) is 0 Å². The molecule has 4 aliphatic carbocycles. The number of hydrogen-bond donors (Lipinski definition) is 2. The molecule has 4 saturated carbocycles. The number of nitrogens with one attached hydrogen (secondary N) is 1. The Morgan fingerprint density at radius 3 is 1.79 bits per heavy atom. The van der Waals surface area contributed by atoms with Crippen molar-refractivity contribution < 1.29 is 5.11 Å². The van der Waals surface area contributed by atoms with E-state index in [0.717, 1.165) is 36.1 Å². The molecule has 4 bridgehead atoms. The van der Waals surface area contributed by atoms with Gasteiger partial charge in [-0.25, -0.2) is 0 Å². The highest BCUT2D eigenvalue weighted by atomic mass is 16.3. The van der Waals surface area contributed by atoms with Gasteiger partial charge in [0.15, 0.2) is 0 Å². The van der Waals surface area contributed by atoms with E-state index in [-0.39, 0.29) is 5.54 Å². The fraction of sp³-hybridized carbons (Fsp3) is 1.00. The maximum atomic E-state index is 10.3. The van der Waals surface area contributed by atoms with Crippen LogP contribution in [-0.4, -0.2) is 22.8 Å². The van der Waals surface area contributed by atoms with Crippen molar-refractivity contribution in [2.75, 3.05) is 6.54 Å². The fourth-order valence-corrected chi connectivity index (χ4v) is 4.96. The van der Waals surface area contributed by atoms with Crippen molar-refractivity contribution in [2.45, 2.75) is 70.9 Å². The van der Waals surface area contributed by atoms with Gasteiger partial charge in [-0.1, -0.05) is 0 Å². The Bertz CT molecular complexity index is 314. The zero-order valence-corrected chi connectivity index (χ0v) is 13.1. The zero-order valence-electron chi connectivity index (χ0n) is 13.1. The first kappa shape index (κ1) is 13.9. The quantitative estimate of drug-likeness (QED) is 0.818. The minimum atomic E-state index is -0.668. The molecule has 19 heavy (non-hydrogen) atoms. The van der Waals surface area contributed by atoms with E-state index in [1.165, 1.54) is 32.1 Å². The maximum Gasteiger partial charge on any atom is 0.0767 e. The molecule has 0 atom stereocenters. The molecule has 0 heterocycles. The average Bonchev–Trinajstić information content (AvgIpc) is 2.25. The number of aliphatic hydroxyl groups is 1. The summed E-state index contributed by atoms with van der Waals surface area (Å²) in [6, 6.07) is 0. The first-order valence-electron chi connectivity index (χ1n) is 8.23. The van der Waals surface area contributed by atoms with E-state index in [4.69, 9.17) is 0 Å². The summed E-state index contributed by atoms with van der Waals surface area (Å²) in [5.41, 5.74) is -0.874. The second-order valence-corrected chi connectivity index (χ2v) is 8.66. The Labute approximate surface area is 118 Å². The highest BCUT2D eigenvalue weighted by Crippen LogP contribution is 2.56. The van der Waals surface area contributed by atoms with Gasteiger partial charge in [0, 0.05) is 5.54 Å².